The van der Waals surface area contributed by atoms with Crippen LogP contribution in [0.4, 0.5) is 5.69 Å². The molecular formula is C18H18N2O4. The van der Waals surface area contributed by atoms with Crippen LogP contribution >= 0.6 is 0 Å². The van der Waals surface area contributed by atoms with Crippen molar-refractivity contribution in [1.29, 1.82) is 0 Å². The minimum Gasteiger partial charge on any atom is -0.349 e. The molecule has 124 valence electrons. The Morgan fingerprint density at radius 3 is 2.33 bits per heavy atom. The first kappa shape index (κ1) is 17.3. The highest BCUT2D eigenvalue weighted by atomic mass is 16.6. The lowest BCUT2D eigenvalue weighted by molar-refractivity contribution is -0.384. The molecule has 6 nitrogen and oxygen atoms in total. The number of non-ortho nitro benzene ring substituents is 1. The molecule has 1 amide bonds. The fourth-order valence-electron chi connectivity index (χ4n) is 2.56. The quantitative estimate of drug-likeness (QED) is 0.501. The Bertz CT molecular complexity index is 759. The van der Waals surface area contributed by atoms with Gasteiger partial charge in [-0.2, -0.15) is 0 Å². The first-order valence-corrected chi connectivity index (χ1v) is 7.51. The van der Waals surface area contributed by atoms with Gasteiger partial charge in [0.1, 0.15) is 0 Å². The van der Waals surface area contributed by atoms with E-state index in [-0.39, 0.29) is 17.4 Å². The third-order valence-electron chi connectivity index (χ3n) is 3.77. The Kier molecular flexibility index (Phi) is 5.42. The summed E-state index contributed by atoms with van der Waals surface area (Å²) in [5, 5.41) is 13.7. The van der Waals surface area contributed by atoms with E-state index in [9.17, 15) is 19.7 Å². The monoisotopic (exact) mass is 326 g/mol. The lowest BCUT2D eigenvalue weighted by Crippen LogP contribution is -2.34. The SMILES string of the molecule is CC(=O)NC(c1cccc([N+](=O)[O-])c1)C(C)C(=O)c1ccccc1. The molecule has 0 aliphatic rings. The van der Waals surface area contributed by atoms with E-state index >= 15 is 0 Å². The second-order valence-corrected chi connectivity index (χ2v) is 5.55. The number of nitro benzene ring substituents is 1. The van der Waals surface area contributed by atoms with Gasteiger partial charge >= 0.3 is 0 Å². The number of rotatable bonds is 6. The van der Waals surface area contributed by atoms with Crippen LogP contribution in [0, 0.1) is 16.0 Å². The molecule has 2 rings (SSSR count). The Hall–Kier alpha value is -3.02. The Morgan fingerprint density at radius 1 is 1.08 bits per heavy atom. The van der Waals surface area contributed by atoms with Crippen molar-refractivity contribution in [2.75, 3.05) is 0 Å². The molecule has 0 heterocycles. The van der Waals surface area contributed by atoms with Gasteiger partial charge in [-0.05, 0) is 5.56 Å². The molecule has 0 aromatic heterocycles. The van der Waals surface area contributed by atoms with E-state index in [2.05, 4.69) is 5.32 Å². The summed E-state index contributed by atoms with van der Waals surface area (Å²) in [5.74, 6) is -1.02. The van der Waals surface area contributed by atoms with E-state index in [1.54, 1.807) is 43.3 Å². The molecule has 0 spiro atoms. The van der Waals surface area contributed by atoms with Crippen molar-refractivity contribution in [3.8, 4) is 0 Å². The summed E-state index contributed by atoms with van der Waals surface area (Å²) in [6, 6.07) is 14.1. The third-order valence-corrected chi connectivity index (χ3v) is 3.77. The maximum absolute atomic E-state index is 12.7. The number of nitro groups is 1. The molecule has 0 aliphatic carbocycles. The lowest BCUT2D eigenvalue weighted by atomic mass is 9.88. The smallest absolute Gasteiger partial charge is 0.269 e. The summed E-state index contributed by atoms with van der Waals surface area (Å²) in [7, 11) is 0. The van der Waals surface area contributed by atoms with Crippen LogP contribution in [0.25, 0.3) is 0 Å². The molecule has 6 heteroatoms. The van der Waals surface area contributed by atoms with E-state index in [0.717, 1.165) is 0 Å². The number of hydrogen-bond acceptors (Lipinski definition) is 4. The summed E-state index contributed by atoms with van der Waals surface area (Å²) in [4.78, 5) is 34.7. The molecule has 0 bridgehead atoms. The molecule has 0 saturated heterocycles. The topological polar surface area (TPSA) is 89.3 Å². The highest BCUT2D eigenvalue weighted by Crippen LogP contribution is 2.27. The van der Waals surface area contributed by atoms with Crippen LogP contribution in [0.3, 0.4) is 0 Å². The largest absolute Gasteiger partial charge is 0.349 e. The lowest BCUT2D eigenvalue weighted by Gasteiger charge is -2.24. The fraction of sp³-hybridized carbons (Fsp3) is 0.222. The van der Waals surface area contributed by atoms with Crippen molar-refractivity contribution in [2.45, 2.75) is 19.9 Å². The van der Waals surface area contributed by atoms with Gasteiger partial charge in [-0.25, -0.2) is 0 Å². The highest BCUT2D eigenvalue weighted by molar-refractivity contribution is 5.98. The Labute approximate surface area is 139 Å². The number of carbonyl (C=O) groups excluding carboxylic acids is 2. The van der Waals surface area contributed by atoms with Crippen LogP contribution in [0.5, 0.6) is 0 Å². The molecule has 2 unspecified atom stereocenters. The average molecular weight is 326 g/mol. The minimum absolute atomic E-state index is 0.0813. The zero-order valence-corrected chi connectivity index (χ0v) is 13.4. The van der Waals surface area contributed by atoms with Crippen LogP contribution in [-0.2, 0) is 4.79 Å². The first-order valence-electron chi connectivity index (χ1n) is 7.51. The Morgan fingerprint density at radius 2 is 1.75 bits per heavy atom. The van der Waals surface area contributed by atoms with Crippen molar-refractivity contribution < 1.29 is 14.5 Å². The van der Waals surface area contributed by atoms with Gasteiger partial charge in [-0.3, -0.25) is 19.7 Å². The average Bonchev–Trinajstić information content (AvgIpc) is 2.59. The molecule has 0 radical (unpaired) electrons. The molecular weight excluding hydrogens is 308 g/mol. The highest BCUT2D eigenvalue weighted by Gasteiger charge is 2.28. The molecule has 0 saturated carbocycles. The van der Waals surface area contributed by atoms with Crippen LogP contribution in [0.2, 0.25) is 0 Å². The number of Topliss-reactive ketones (excluding diaryl/α,β-unsaturated/α-hetero) is 1. The van der Waals surface area contributed by atoms with Crippen LogP contribution in [0.15, 0.2) is 54.6 Å². The van der Waals surface area contributed by atoms with Crippen molar-refractivity contribution in [2.24, 2.45) is 5.92 Å². The molecule has 0 fully saturated rings. The summed E-state index contributed by atoms with van der Waals surface area (Å²) in [6.07, 6.45) is 0. The number of amides is 1. The summed E-state index contributed by atoms with van der Waals surface area (Å²) < 4.78 is 0. The van der Waals surface area contributed by atoms with E-state index in [1.165, 1.54) is 19.1 Å². The fourth-order valence-corrected chi connectivity index (χ4v) is 2.56. The van der Waals surface area contributed by atoms with Gasteiger partial charge in [0.05, 0.1) is 11.0 Å². The summed E-state index contributed by atoms with van der Waals surface area (Å²) >= 11 is 0. The van der Waals surface area contributed by atoms with Gasteiger partial charge in [-0.1, -0.05) is 49.4 Å². The second-order valence-electron chi connectivity index (χ2n) is 5.55. The van der Waals surface area contributed by atoms with Gasteiger partial charge < -0.3 is 5.32 Å². The van der Waals surface area contributed by atoms with Crippen LogP contribution in [-0.4, -0.2) is 16.6 Å². The zero-order valence-electron chi connectivity index (χ0n) is 13.4. The van der Waals surface area contributed by atoms with Gasteiger partial charge in [0.15, 0.2) is 5.78 Å². The predicted molar refractivity (Wildman–Crippen MR) is 89.6 cm³/mol. The molecule has 2 atom stereocenters. The molecule has 1 N–H and O–H groups in total. The standard InChI is InChI=1S/C18H18N2O4/c1-12(18(22)14-7-4-3-5-8-14)17(19-13(2)21)15-9-6-10-16(11-15)20(23)24/h3-12,17H,1-2H3,(H,19,21). The van der Waals surface area contributed by atoms with Crippen molar-refractivity contribution >= 4 is 17.4 Å². The molecule has 0 aliphatic heterocycles. The number of benzene rings is 2. The first-order chi connectivity index (χ1) is 11.4. The number of carbonyl (C=O) groups is 2. The van der Waals surface area contributed by atoms with Gasteiger partial charge in [0.25, 0.3) is 5.69 Å². The number of hydrogen-bond donors (Lipinski definition) is 1. The van der Waals surface area contributed by atoms with E-state index in [4.69, 9.17) is 0 Å². The van der Waals surface area contributed by atoms with Gasteiger partial charge in [-0.15, -0.1) is 0 Å². The van der Waals surface area contributed by atoms with Crippen LogP contribution < -0.4 is 5.32 Å². The molecule has 2 aromatic carbocycles. The molecule has 24 heavy (non-hydrogen) atoms. The normalized spacial score (nSPS) is 12.9. The van der Waals surface area contributed by atoms with Gasteiger partial charge in [0, 0.05) is 30.5 Å². The van der Waals surface area contributed by atoms with Gasteiger partial charge in [0.2, 0.25) is 5.91 Å². The number of ketones is 1. The van der Waals surface area contributed by atoms with Crippen molar-refractivity contribution in [3.05, 3.63) is 75.8 Å². The van der Waals surface area contributed by atoms with Crippen LogP contribution in [0.1, 0.15) is 35.8 Å². The summed E-state index contributed by atoms with van der Waals surface area (Å²) in [5.41, 5.74) is 0.976. The number of nitrogens with zero attached hydrogens (tertiary/aromatic N) is 1. The van der Waals surface area contributed by atoms with E-state index in [1.807, 2.05) is 6.07 Å². The van der Waals surface area contributed by atoms with Crippen molar-refractivity contribution in [3.63, 3.8) is 0 Å². The predicted octanol–water partition coefficient (Wildman–Crippen LogP) is 3.29. The maximum atomic E-state index is 12.7. The van der Waals surface area contributed by atoms with E-state index < -0.39 is 16.9 Å². The molecule has 2 aromatic rings. The zero-order chi connectivity index (χ0) is 17.7. The third kappa shape index (κ3) is 4.04. The number of nitrogens with one attached hydrogen (secondary N) is 1. The second kappa shape index (κ2) is 7.50. The van der Waals surface area contributed by atoms with Crippen molar-refractivity contribution in [1.82, 2.24) is 5.32 Å². The summed E-state index contributed by atoms with van der Waals surface area (Å²) in [6.45, 7) is 3.05. The maximum Gasteiger partial charge on any atom is 0.269 e. The minimum atomic E-state index is -0.643. The van der Waals surface area contributed by atoms with E-state index in [0.29, 0.717) is 11.1 Å². The Balaban J connectivity index is 2.37.